The van der Waals surface area contributed by atoms with Gasteiger partial charge >= 0.3 is 0 Å². The van der Waals surface area contributed by atoms with Crippen molar-refractivity contribution < 1.29 is 4.79 Å². The average molecular weight is 278 g/mol. The number of amides is 1. The third-order valence-electron chi connectivity index (χ3n) is 4.45. The summed E-state index contributed by atoms with van der Waals surface area (Å²) in [6, 6.07) is 0. The molecule has 20 heavy (non-hydrogen) atoms. The maximum atomic E-state index is 12.4. The second kappa shape index (κ2) is 5.14. The van der Waals surface area contributed by atoms with Crippen molar-refractivity contribution in [3.05, 3.63) is 12.7 Å². The number of likely N-dealkylation sites (tertiary alicyclic amines) is 1. The van der Waals surface area contributed by atoms with Crippen LogP contribution in [0.25, 0.3) is 0 Å². The Balaban J connectivity index is 1.67. The lowest BCUT2D eigenvalue weighted by atomic mass is 9.80. The molecule has 0 aliphatic carbocycles. The standard InChI is InChI=1S/C13H22N6O/c1-17(2)7-13-6-14-3-11(13)4-19(8-13)12(20)5-18-9-15-16-10-18/h9-11,14H,3-8H2,1-2H3. The Morgan fingerprint density at radius 2 is 2.20 bits per heavy atom. The van der Waals surface area contributed by atoms with Crippen molar-refractivity contribution in [2.24, 2.45) is 11.3 Å². The molecule has 110 valence electrons. The monoisotopic (exact) mass is 278 g/mol. The van der Waals surface area contributed by atoms with Crippen LogP contribution in [0.3, 0.4) is 0 Å². The van der Waals surface area contributed by atoms with Gasteiger partial charge in [-0.05, 0) is 20.0 Å². The van der Waals surface area contributed by atoms with Crippen molar-refractivity contribution in [2.45, 2.75) is 6.54 Å². The molecule has 2 aliphatic rings. The van der Waals surface area contributed by atoms with Gasteiger partial charge in [0.1, 0.15) is 19.2 Å². The highest BCUT2D eigenvalue weighted by molar-refractivity contribution is 5.76. The van der Waals surface area contributed by atoms with Crippen LogP contribution >= 0.6 is 0 Å². The molecule has 0 radical (unpaired) electrons. The Hall–Kier alpha value is -1.47. The number of hydrogen-bond acceptors (Lipinski definition) is 5. The number of aromatic nitrogens is 3. The number of rotatable bonds is 4. The zero-order valence-corrected chi connectivity index (χ0v) is 12.1. The lowest BCUT2D eigenvalue weighted by molar-refractivity contribution is -0.131. The van der Waals surface area contributed by atoms with Crippen molar-refractivity contribution in [1.29, 1.82) is 0 Å². The van der Waals surface area contributed by atoms with Crippen LogP contribution in [0.1, 0.15) is 0 Å². The minimum Gasteiger partial charge on any atom is -0.340 e. The summed E-state index contributed by atoms with van der Waals surface area (Å²) in [7, 11) is 4.21. The SMILES string of the molecule is CN(C)CC12CNCC1CN(C(=O)Cn1cnnc1)C2. The Morgan fingerprint density at radius 1 is 1.45 bits per heavy atom. The summed E-state index contributed by atoms with van der Waals surface area (Å²) in [5.41, 5.74) is 0.215. The van der Waals surface area contributed by atoms with Gasteiger partial charge in [-0.1, -0.05) is 0 Å². The van der Waals surface area contributed by atoms with Crippen molar-refractivity contribution in [3.63, 3.8) is 0 Å². The predicted octanol–water partition coefficient (Wildman–Crippen LogP) is -1.11. The van der Waals surface area contributed by atoms with Crippen LogP contribution < -0.4 is 5.32 Å². The zero-order valence-electron chi connectivity index (χ0n) is 12.1. The number of carbonyl (C=O) groups is 1. The van der Waals surface area contributed by atoms with Gasteiger partial charge in [-0.25, -0.2) is 0 Å². The van der Waals surface area contributed by atoms with Crippen LogP contribution in [-0.2, 0) is 11.3 Å². The number of hydrogen-bond donors (Lipinski definition) is 1. The van der Waals surface area contributed by atoms with Crippen LogP contribution in [0.5, 0.6) is 0 Å². The molecular weight excluding hydrogens is 256 g/mol. The average Bonchev–Trinajstić information content (AvgIpc) is 3.02. The summed E-state index contributed by atoms with van der Waals surface area (Å²) in [6.45, 7) is 5.11. The Kier molecular flexibility index (Phi) is 3.47. The fourth-order valence-corrected chi connectivity index (χ4v) is 3.62. The van der Waals surface area contributed by atoms with E-state index in [1.807, 2.05) is 4.90 Å². The first-order valence-corrected chi connectivity index (χ1v) is 7.05. The lowest BCUT2D eigenvalue weighted by Gasteiger charge is -2.31. The lowest BCUT2D eigenvalue weighted by Crippen LogP contribution is -2.42. The summed E-state index contributed by atoms with van der Waals surface area (Å²) in [5.74, 6) is 0.729. The maximum absolute atomic E-state index is 12.4. The largest absolute Gasteiger partial charge is 0.340 e. The quantitative estimate of drug-likeness (QED) is 0.756. The van der Waals surface area contributed by atoms with Gasteiger partial charge in [-0.15, -0.1) is 10.2 Å². The second-order valence-electron chi connectivity index (χ2n) is 6.34. The number of carbonyl (C=O) groups excluding carboxylic acids is 1. The molecule has 0 saturated carbocycles. The van der Waals surface area contributed by atoms with E-state index in [4.69, 9.17) is 0 Å². The van der Waals surface area contributed by atoms with Crippen molar-refractivity contribution >= 4 is 5.91 Å². The van der Waals surface area contributed by atoms with Crippen LogP contribution in [0.15, 0.2) is 12.7 Å². The molecule has 3 rings (SSSR count). The summed E-state index contributed by atoms with van der Waals surface area (Å²) in [5, 5.41) is 11.0. The van der Waals surface area contributed by atoms with Gasteiger partial charge in [0.25, 0.3) is 0 Å². The summed E-state index contributed by atoms with van der Waals surface area (Å²) >= 11 is 0. The minimum atomic E-state index is 0.164. The number of fused-ring (bicyclic) bond motifs is 1. The molecule has 1 aromatic rings. The molecule has 1 N–H and O–H groups in total. The Labute approximate surface area is 118 Å². The molecule has 2 fully saturated rings. The van der Waals surface area contributed by atoms with Gasteiger partial charge in [0.15, 0.2) is 0 Å². The van der Waals surface area contributed by atoms with Crippen LogP contribution in [-0.4, -0.2) is 77.3 Å². The van der Waals surface area contributed by atoms with E-state index in [1.54, 1.807) is 17.2 Å². The van der Waals surface area contributed by atoms with E-state index >= 15 is 0 Å². The molecule has 0 bridgehead atoms. The van der Waals surface area contributed by atoms with Crippen LogP contribution in [0.2, 0.25) is 0 Å². The highest BCUT2D eigenvalue weighted by atomic mass is 16.2. The highest BCUT2D eigenvalue weighted by Gasteiger charge is 2.50. The first kappa shape index (κ1) is 13.5. The molecule has 2 atom stereocenters. The Bertz CT molecular complexity index is 473. The molecular formula is C13H22N6O. The molecule has 1 aromatic heterocycles. The van der Waals surface area contributed by atoms with E-state index in [0.29, 0.717) is 12.5 Å². The van der Waals surface area contributed by atoms with E-state index < -0.39 is 0 Å². The first-order valence-electron chi connectivity index (χ1n) is 7.05. The minimum absolute atomic E-state index is 0.164. The molecule has 2 unspecified atom stereocenters. The fraction of sp³-hybridized carbons (Fsp3) is 0.769. The highest BCUT2D eigenvalue weighted by Crippen LogP contribution is 2.39. The smallest absolute Gasteiger partial charge is 0.242 e. The van der Waals surface area contributed by atoms with Crippen molar-refractivity contribution in [3.8, 4) is 0 Å². The zero-order chi connectivity index (χ0) is 14.2. The number of nitrogens with zero attached hydrogens (tertiary/aromatic N) is 5. The molecule has 3 heterocycles. The van der Waals surface area contributed by atoms with Gasteiger partial charge in [-0.2, -0.15) is 0 Å². The third kappa shape index (κ3) is 2.43. The van der Waals surface area contributed by atoms with Crippen molar-refractivity contribution in [1.82, 2.24) is 29.9 Å². The summed E-state index contributed by atoms with van der Waals surface area (Å²) < 4.78 is 1.73. The molecule has 7 nitrogen and oxygen atoms in total. The normalized spacial score (nSPS) is 29.1. The topological polar surface area (TPSA) is 66.3 Å². The summed E-state index contributed by atoms with van der Waals surface area (Å²) in [4.78, 5) is 16.6. The molecule has 7 heteroatoms. The van der Waals surface area contributed by atoms with Crippen LogP contribution in [0.4, 0.5) is 0 Å². The van der Waals surface area contributed by atoms with E-state index in [9.17, 15) is 4.79 Å². The van der Waals surface area contributed by atoms with E-state index in [-0.39, 0.29) is 11.3 Å². The predicted molar refractivity (Wildman–Crippen MR) is 73.9 cm³/mol. The van der Waals surface area contributed by atoms with Gasteiger partial charge < -0.3 is 19.7 Å². The maximum Gasteiger partial charge on any atom is 0.242 e. The molecule has 2 saturated heterocycles. The fourth-order valence-electron chi connectivity index (χ4n) is 3.62. The van der Waals surface area contributed by atoms with Gasteiger partial charge in [0, 0.05) is 38.1 Å². The van der Waals surface area contributed by atoms with E-state index in [2.05, 4.69) is 34.5 Å². The Morgan fingerprint density at radius 3 is 2.90 bits per heavy atom. The summed E-state index contributed by atoms with van der Waals surface area (Å²) in [6.07, 6.45) is 3.18. The molecule has 1 amide bonds. The first-order chi connectivity index (χ1) is 9.59. The third-order valence-corrected chi connectivity index (χ3v) is 4.45. The molecule has 2 aliphatic heterocycles. The van der Waals surface area contributed by atoms with Crippen molar-refractivity contribution in [2.75, 3.05) is 46.8 Å². The second-order valence-corrected chi connectivity index (χ2v) is 6.34. The molecule has 0 spiro atoms. The van der Waals surface area contributed by atoms with Gasteiger partial charge in [0.2, 0.25) is 5.91 Å². The van der Waals surface area contributed by atoms with Gasteiger partial charge in [-0.3, -0.25) is 4.79 Å². The van der Waals surface area contributed by atoms with E-state index in [0.717, 1.165) is 32.7 Å². The van der Waals surface area contributed by atoms with Crippen LogP contribution in [0, 0.1) is 11.3 Å². The van der Waals surface area contributed by atoms with Gasteiger partial charge in [0.05, 0.1) is 0 Å². The molecule has 0 aromatic carbocycles. The number of nitrogens with one attached hydrogen (secondary N) is 1. The van der Waals surface area contributed by atoms with E-state index in [1.165, 1.54) is 0 Å².